The maximum Gasteiger partial charge on any atom is 0.416 e. The smallest absolute Gasteiger partial charge is 0.416 e. The summed E-state index contributed by atoms with van der Waals surface area (Å²) < 4.78 is 37.2. The number of aromatic carboxylic acids is 1. The molecule has 0 saturated heterocycles. The first-order valence-corrected chi connectivity index (χ1v) is 6.83. The molecule has 0 fully saturated rings. The number of thiazole rings is 1. The van der Waals surface area contributed by atoms with Crippen molar-refractivity contribution in [3.05, 3.63) is 45.9 Å². The Morgan fingerprint density at radius 2 is 1.95 bits per heavy atom. The van der Waals surface area contributed by atoms with Crippen molar-refractivity contribution in [1.29, 1.82) is 0 Å². The summed E-state index contributed by atoms with van der Waals surface area (Å²) in [5, 5.41) is 13.8. The number of aromatic nitrogens is 1. The SMILES string of the molecule is O=C(O)c1csc(CCNc2ccc(C(F)(F)F)cc2)n1. The Morgan fingerprint density at radius 1 is 1.29 bits per heavy atom. The second-order valence-electron chi connectivity index (χ2n) is 4.18. The molecule has 0 aliphatic carbocycles. The average Bonchev–Trinajstić information content (AvgIpc) is 2.87. The Labute approximate surface area is 122 Å². The number of hydrogen-bond donors (Lipinski definition) is 2. The van der Waals surface area contributed by atoms with Crippen molar-refractivity contribution >= 4 is 23.0 Å². The van der Waals surface area contributed by atoms with Crippen molar-refractivity contribution in [2.45, 2.75) is 12.6 Å². The van der Waals surface area contributed by atoms with Crippen LogP contribution in [0.2, 0.25) is 0 Å². The van der Waals surface area contributed by atoms with Crippen LogP contribution in [-0.2, 0) is 12.6 Å². The lowest BCUT2D eigenvalue weighted by atomic mass is 10.2. The van der Waals surface area contributed by atoms with Crippen LogP contribution in [0.5, 0.6) is 0 Å². The topological polar surface area (TPSA) is 62.2 Å². The van der Waals surface area contributed by atoms with Crippen LogP contribution in [0.3, 0.4) is 0 Å². The van der Waals surface area contributed by atoms with E-state index in [1.807, 2.05) is 0 Å². The van der Waals surface area contributed by atoms with E-state index < -0.39 is 17.7 Å². The Morgan fingerprint density at radius 3 is 2.48 bits per heavy atom. The van der Waals surface area contributed by atoms with Gasteiger partial charge in [0.05, 0.1) is 10.6 Å². The summed E-state index contributed by atoms with van der Waals surface area (Å²) in [6.07, 6.45) is -3.84. The van der Waals surface area contributed by atoms with Crippen molar-refractivity contribution in [3.63, 3.8) is 0 Å². The van der Waals surface area contributed by atoms with Crippen molar-refractivity contribution in [3.8, 4) is 0 Å². The van der Waals surface area contributed by atoms with Crippen LogP contribution in [0.15, 0.2) is 29.6 Å². The molecule has 0 spiro atoms. The zero-order valence-electron chi connectivity index (χ0n) is 10.6. The van der Waals surface area contributed by atoms with E-state index in [1.165, 1.54) is 28.8 Å². The van der Waals surface area contributed by atoms with E-state index in [2.05, 4.69) is 10.3 Å². The molecule has 1 aromatic heterocycles. The Bertz CT molecular complexity index is 623. The molecule has 21 heavy (non-hydrogen) atoms. The van der Waals surface area contributed by atoms with Crippen LogP contribution in [0.4, 0.5) is 18.9 Å². The molecule has 0 unspecified atom stereocenters. The lowest BCUT2D eigenvalue weighted by Crippen LogP contribution is -2.07. The number of anilines is 1. The minimum absolute atomic E-state index is 0.00419. The maximum absolute atomic E-state index is 12.4. The van der Waals surface area contributed by atoms with E-state index in [-0.39, 0.29) is 5.69 Å². The minimum atomic E-state index is -4.34. The number of carboxylic acid groups (broad SMARTS) is 1. The van der Waals surface area contributed by atoms with E-state index in [9.17, 15) is 18.0 Å². The molecule has 0 atom stereocenters. The van der Waals surface area contributed by atoms with Gasteiger partial charge in [0.25, 0.3) is 0 Å². The predicted molar refractivity (Wildman–Crippen MR) is 72.7 cm³/mol. The van der Waals surface area contributed by atoms with E-state index in [0.717, 1.165) is 12.1 Å². The van der Waals surface area contributed by atoms with Gasteiger partial charge in [-0.2, -0.15) is 13.2 Å². The summed E-state index contributed by atoms with van der Waals surface area (Å²) >= 11 is 1.24. The molecule has 0 amide bonds. The molecule has 112 valence electrons. The molecule has 1 aromatic carbocycles. The number of nitrogens with one attached hydrogen (secondary N) is 1. The quantitative estimate of drug-likeness (QED) is 0.886. The van der Waals surface area contributed by atoms with Crippen LogP contribution >= 0.6 is 11.3 Å². The number of carbonyl (C=O) groups is 1. The summed E-state index contributed by atoms with van der Waals surface area (Å²) in [5.74, 6) is -1.08. The van der Waals surface area contributed by atoms with Crippen LogP contribution in [0.1, 0.15) is 21.1 Å². The number of rotatable bonds is 5. The van der Waals surface area contributed by atoms with Gasteiger partial charge in [-0.25, -0.2) is 9.78 Å². The summed E-state index contributed by atoms with van der Waals surface area (Å²) in [4.78, 5) is 14.6. The molecule has 4 nitrogen and oxygen atoms in total. The van der Waals surface area contributed by atoms with Crippen molar-refractivity contribution in [2.24, 2.45) is 0 Å². The molecule has 8 heteroatoms. The van der Waals surface area contributed by atoms with Gasteiger partial charge in [0.1, 0.15) is 0 Å². The Hall–Kier alpha value is -2.09. The number of alkyl halides is 3. The zero-order valence-corrected chi connectivity index (χ0v) is 11.5. The van der Waals surface area contributed by atoms with Crippen LogP contribution < -0.4 is 5.32 Å². The van der Waals surface area contributed by atoms with E-state index >= 15 is 0 Å². The van der Waals surface area contributed by atoms with Crippen molar-refractivity contribution in [2.75, 3.05) is 11.9 Å². The largest absolute Gasteiger partial charge is 0.476 e. The number of benzene rings is 1. The van der Waals surface area contributed by atoms with Gasteiger partial charge in [-0.3, -0.25) is 0 Å². The molecule has 0 radical (unpaired) electrons. The molecule has 2 aromatic rings. The summed E-state index contributed by atoms with van der Waals surface area (Å²) in [6.45, 7) is 0.456. The molecular formula is C13H11F3N2O2S. The molecular weight excluding hydrogens is 305 g/mol. The van der Waals surface area contributed by atoms with Gasteiger partial charge in [-0.05, 0) is 24.3 Å². The highest BCUT2D eigenvalue weighted by Crippen LogP contribution is 2.29. The fourth-order valence-corrected chi connectivity index (χ4v) is 2.39. The Kier molecular flexibility index (Phi) is 4.46. The van der Waals surface area contributed by atoms with Gasteiger partial charge in [-0.15, -0.1) is 11.3 Å². The maximum atomic E-state index is 12.4. The first-order valence-electron chi connectivity index (χ1n) is 5.95. The second-order valence-corrected chi connectivity index (χ2v) is 5.13. The standard InChI is InChI=1S/C13H11F3N2O2S/c14-13(15,16)8-1-3-9(4-2-8)17-6-5-11-18-10(7-21-11)12(19)20/h1-4,7,17H,5-6H2,(H,19,20). The summed E-state index contributed by atoms with van der Waals surface area (Å²) in [5.41, 5.74) is -0.124. The van der Waals surface area contributed by atoms with Gasteiger partial charge in [0.15, 0.2) is 5.69 Å². The summed E-state index contributed by atoms with van der Waals surface area (Å²) in [6, 6.07) is 4.73. The molecule has 0 saturated carbocycles. The third kappa shape index (κ3) is 4.19. The van der Waals surface area contributed by atoms with Gasteiger partial charge in [0, 0.05) is 24.0 Å². The molecule has 0 bridgehead atoms. The highest BCUT2D eigenvalue weighted by molar-refractivity contribution is 7.09. The molecule has 0 aliphatic heterocycles. The summed E-state index contributed by atoms with van der Waals surface area (Å²) in [7, 11) is 0. The number of halogens is 3. The predicted octanol–water partition coefficient (Wildman–Crippen LogP) is 3.51. The fourth-order valence-electron chi connectivity index (χ4n) is 1.61. The van der Waals surface area contributed by atoms with Gasteiger partial charge < -0.3 is 10.4 Å². The van der Waals surface area contributed by atoms with E-state index in [1.54, 1.807) is 0 Å². The van der Waals surface area contributed by atoms with E-state index in [0.29, 0.717) is 23.7 Å². The van der Waals surface area contributed by atoms with Crippen molar-refractivity contribution < 1.29 is 23.1 Å². The van der Waals surface area contributed by atoms with Gasteiger partial charge in [0.2, 0.25) is 0 Å². The lowest BCUT2D eigenvalue weighted by Gasteiger charge is -2.08. The van der Waals surface area contributed by atoms with Crippen LogP contribution in [0, 0.1) is 0 Å². The van der Waals surface area contributed by atoms with Gasteiger partial charge >= 0.3 is 12.1 Å². The molecule has 1 heterocycles. The monoisotopic (exact) mass is 316 g/mol. The fraction of sp³-hybridized carbons (Fsp3) is 0.231. The van der Waals surface area contributed by atoms with Gasteiger partial charge in [-0.1, -0.05) is 0 Å². The first kappa shape index (κ1) is 15.3. The average molecular weight is 316 g/mol. The van der Waals surface area contributed by atoms with Crippen LogP contribution in [-0.4, -0.2) is 22.6 Å². The van der Waals surface area contributed by atoms with Crippen LogP contribution in [0.25, 0.3) is 0 Å². The van der Waals surface area contributed by atoms with Crippen molar-refractivity contribution in [1.82, 2.24) is 4.98 Å². The number of carboxylic acids is 1. The highest BCUT2D eigenvalue weighted by Gasteiger charge is 2.29. The number of hydrogen-bond acceptors (Lipinski definition) is 4. The third-order valence-electron chi connectivity index (χ3n) is 2.65. The first-order chi connectivity index (χ1) is 9.86. The second kappa shape index (κ2) is 6.13. The zero-order chi connectivity index (χ0) is 15.5. The normalized spacial score (nSPS) is 11.4. The lowest BCUT2D eigenvalue weighted by molar-refractivity contribution is -0.137. The molecule has 2 N–H and O–H groups in total. The molecule has 0 aliphatic rings. The Balaban J connectivity index is 1.87. The molecule has 2 rings (SSSR count). The highest BCUT2D eigenvalue weighted by atomic mass is 32.1. The third-order valence-corrected chi connectivity index (χ3v) is 3.56. The number of nitrogens with zero attached hydrogens (tertiary/aromatic N) is 1. The van der Waals surface area contributed by atoms with E-state index in [4.69, 9.17) is 5.11 Å². The minimum Gasteiger partial charge on any atom is -0.476 e.